The number of pyridine rings is 1. The molecule has 116 valence electrons. The van der Waals surface area contributed by atoms with Crippen LogP contribution >= 0.6 is 0 Å². The minimum atomic E-state index is -1.14. The molecule has 0 radical (unpaired) electrons. The molecule has 1 fully saturated rings. The largest absolute Gasteiger partial charge is 0.480 e. The van der Waals surface area contributed by atoms with E-state index in [0.29, 0.717) is 24.1 Å². The first-order valence-corrected chi connectivity index (χ1v) is 6.82. The van der Waals surface area contributed by atoms with Crippen LogP contribution in [0.15, 0.2) is 17.4 Å². The molecule has 8 heteroatoms. The number of aromatic carboxylic acids is 1. The van der Waals surface area contributed by atoms with Gasteiger partial charge >= 0.3 is 5.97 Å². The maximum Gasteiger partial charge on any atom is 0.341 e. The summed E-state index contributed by atoms with van der Waals surface area (Å²) in [5.74, 6) is -1.77. The monoisotopic (exact) mass is 305 g/mol. The van der Waals surface area contributed by atoms with E-state index in [4.69, 9.17) is 15.3 Å². The molecule has 3 N–H and O–H groups in total. The Labute approximate surface area is 125 Å². The third-order valence-electron chi connectivity index (χ3n) is 4.11. The van der Waals surface area contributed by atoms with Crippen molar-refractivity contribution >= 4 is 17.6 Å². The Morgan fingerprint density at radius 1 is 1.45 bits per heavy atom. The summed E-state index contributed by atoms with van der Waals surface area (Å²) < 4.78 is 4.94. The van der Waals surface area contributed by atoms with Gasteiger partial charge in [-0.05, 0) is 18.9 Å². The number of carboxylic acid groups (broad SMARTS) is 1. The van der Waals surface area contributed by atoms with Gasteiger partial charge in [0, 0.05) is 23.6 Å². The van der Waals surface area contributed by atoms with Gasteiger partial charge in [0.25, 0.3) is 0 Å². The van der Waals surface area contributed by atoms with Crippen LogP contribution < -0.4 is 10.5 Å². The van der Waals surface area contributed by atoms with Crippen molar-refractivity contribution < 1.29 is 24.3 Å². The van der Waals surface area contributed by atoms with Crippen molar-refractivity contribution in [2.75, 3.05) is 7.11 Å². The Kier molecular flexibility index (Phi) is 3.44. The summed E-state index contributed by atoms with van der Waals surface area (Å²) in [4.78, 5) is 31.9. The summed E-state index contributed by atoms with van der Waals surface area (Å²) in [5.41, 5.74) is 6.45. The van der Waals surface area contributed by atoms with E-state index in [1.165, 1.54) is 19.4 Å². The fourth-order valence-electron chi connectivity index (χ4n) is 3.00. The summed E-state index contributed by atoms with van der Waals surface area (Å²) in [5, 5.41) is 13.2. The molecular weight excluding hydrogens is 290 g/mol. The topological polar surface area (TPSA) is 124 Å². The molecule has 2 aliphatic rings. The van der Waals surface area contributed by atoms with Gasteiger partial charge in [-0.3, -0.25) is 4.79 Å². The first-order chi connectivity index (χ1) is 10.5. The van der Waals surface area contributed by atoms with Crippen molar-refractivity contribution in [2.24, 2.45) is 22.7 Å². The lowest BCUT2D eigenvalue weighted by atomic mass is 9.93. The van der Waals surface area contributed by atoms with Gasteiger partial charge in [-0.15, -0.1) is 0 Å². The molecule has 8 nitrogen and oxygen atoms in total. The number of fused-ring (bicyclic) bond motifs is 1. The van der Waals surface area contributed by atoms with Gasteiger partial charge in [0.2, 0.25) is 11.8 Å². The van der Waals surface area contributed by atoms with E-state index >= 15 is 0 Å². The molecule has 3 unspecified atom stereocenters. The Balaban J connectivity index is 1.91. The quantitative estimate of drug-likeness (QED) is 0.829. The molecule has 1 saturated carbocycles. The van der Waals surface area contributed by atoms with Crippen LogP contribution in [0.1, 0.15) is 28.8 Å². The number of hydrogen-bond donors (Lipinski definition) is 2. The first-order valence-electron chi connectivity index (χ1n) is 6.82. The summed E-state index contributed by atoms with van der Waals surface area (Å²) in [6.45, 7) is 0. The highest BCUT2D eigenvalue weighted by Crippen LogP contribution is 2.39. The standard InChI is InChI=1S/C14H15N3O5/c1-21-13-9(14(19)20)3-7(5-16-13)11-8-2-6(12(15)18)4-10(8)22-17-11/h3,5-6,8,10H,2,4H2,1H3,(H2,15,18)(H,19,20). The lowest BCUT2D eigenvalue weighted by Gasteiger charge is -2.10. The molecule has 3 atom stereocenters. The number of methoxy groups -OCH3 is 1. The highest BCUT2D eigenvalue weighted by molar-refractivity contribution is 6.05. The van der Waals surface area contributed by atoms with Gasteiger partial charge in [0.05, 0.1) is 12.8 Å². The molecule has 1 aliphatic heterocycles. The minimum Gasteiger partial charge on any atom is -0.480 e. The molecule has 1 amide bonds. The average Bonchev–Trinajstić information content (AvgIpc) is 3.06. The second-order valence-electron chi connectivity index (χ2n) is 5.38. The molecule has 0 bridgehead atoms. The zero-order valence-corrected chi connectivity index (χ0v) is 11.9. The predicted octanol–water partition coefficient (Wildman–Crippen LogP) is 0.403. The van der Waals surface area contributed by atoms with E-state index in [-0.39, 0.29) is 35.3 Å². The molecular formula is C14H15N3O5. The van der Waals surface area contributed by atoms with Crippen molar-refractivity contribution in [1.29, 1.82) is 0 Å². The van der Waals surface area contributed by atoms with Crippen LogP contribution in [0.5, 0.6) is 5.88 Å². The zero-order chi connectivity index (χ0) is 15.9. The van der Waals surface area contributed by atoms with Crippen LogP contribution in [0.4, 0.5) is 0 Å². The number of carbonyl (C=O) groups excluding carboxylic acids is 1. The Morgan fingerprint density at radius 3 is 2.86 bits per heavy atom. The molecule has 1 aromatic heterocycles. The number of carboxylic acids is 1. The number of ether oxygens (including phenoxy) is 1. The smallest absolute Gasteiger partial charge is 0.341 e. The summed E-state index contributed by atoms with van der Waals surface area (Å²) in [6, 6.07) is 1.45. The van der Waals surface area contributed by atoms with Crippen LogP contribution in [0.2, 0.25) is 0 Å². The van der Waals surface area contributed by atoms with Gasteiger partial charge in [0.15, 0.2) is 0 Å². The maximum atomic E-state index is 11.3. The minimum absolute atomic E-state index is 0.0359. The van der Waals surface area contributed by atoms with Crippen LogP contribution in [-0.2, 0) is 9.63 Å². The fourth-order valence-corrected chi connectivity index (χ4v) is 3.00. The van der Waals surface area contributed by atoms with E-state index in [9.17, 15) is 14.7 Å². The van der Waals surface area contributed by atoms with Crippen molar-refractivity contribution in [3.8, 4) is 5.88 Å². The Morgan fingerprint density at radius 2 is 2.23 bits per heavy atom. The van der Waals surface area contributed by atoms with Crippen molar-refractivity contribution in [3.63, 3.8) is 0 Å². The highest BCUT2D eigenvalue weighted by atomic mass is 16.6. The van der Waals surface area contributed by atoms with Crippen molar-refractivity contribution in [2.45, 2.75) is 18.9 Å². The molecule has 0 spiro atoms. The lowest BCUT2D eigenvalue weighted by Crippen LogP contribution is -2.22. The zero-order valence-electron chi connectivity index (χ0n) is 11.9. The normalized spacial score (nSPS) is 26.0. The second kappa shape index (κ2) is 5.28. The maximum absolute atomic E-state index is 11.3. The van der Waals surface area contributed by atoms with E-state index in [0.717, 1.165) is 0 Å². The molecule has 3 rings (SSSR count). The number of hydrogen-bond acceptors (Lipinski definition) is 6. The van der Waals surface area contributed by atoms with E-state index in [1.807, 2.05) is 0 Å². The molecule has 0 aromatic carbocycles. The number of oxime groups is 1. The fraction of sp³-hybridized carbons (Fsp3) is 0.429. The SMILES string of the molecule is COc1ncc(C2=NOC3CC(C(N)=O)CC23)cc1C(=O)O. The van der Waals surface area contributed by atoms with Gasteiger partial charge < -0.3 is 20.4 Å². The van der Waals surface area contributed by atoms with Gasteiger partial charge in [-0.25, -0.2) is 9.78 Å². The molecule has 2 heterocycles. The van der Waals surface area contributed by atoms with Crippen LogP contribution in [0, 0.1) is 11.8 Å². The van der Waals surface area contributed by atoms with Crippen molar-refractivity contribution in [3.05, 3.63) is 23.4 Å². The Hall–Kier alpha value is -2.64. The molecule has 0 saturated heterocycles. The van der Waals surface area contributed by atoms with Crippen molar-refractivity contribution in [1.82, 2.24) is 4.98 Å². The van der Waals surface area contributed by atoms with Crippen LogP contribution in [-0.4, -0.2) is 40.9 Å². The number of amides is 1. The molecule has 1 aromatic rings. The van der Waals surface area contributed by atoms with Gasteiger partial charge in [-0.2, -0.15) is 0 Å². The number of nitrogens with zero attached hydrogens (tertiary/aromatic N) is 2. The third kappa shape index (κ3) is 2.26. The predicted molar refractivity (Wildman–Crippen MR) is 74.6 cm³/mol. The number of primary amides is 1. The van der Waals surface area contributed by atoms with E-state index in [1.54, 1.807) is 0 Å². The first kappa shape index (κ1) is 14.3. The number of carbonyl (C=O) groups is 2. The van der Waals surface area contributed by atoms with Gasteiger partial charge in [-0.1, -0.05) is 5.16 Å². The molecule has 1 aliphatic carbocycles. The number of rotatable bonds is 4. The highest BCUT2D eigenvalue weighted by Gasteiger charge is 2.45. The van der Waals surface area contributed by atoms with Crippen LogP contribution in [0.3, 0.4) is 0 Å². The summed E-state index contributed by atoms with van der Waals surface area (Å²) >= 11 is 0. The second-order valence-corrected chi connectivity index (χ2v) is 5.38. The van der Waals surface area contributed by atoms with Crippen LogP contribution in [0.25, 0.3) is 0 Å². The summed E-state index contributed by atoms with van der Waals surface area (Å²) in [7, 11) is 1.36. The Bertz CT molecular complexity index is 672. The van der Waals surface area contributed by atoms with E-state index < -0.39 is 5.97 Å². The number of aromatic nitrogens is 1. The number of nitrogens with two attached hydrogens (primary N) is 1. The molecule has 22 heavy (non-hydrogen) atoms. The van der Waals surface area contributed by atoms with Gasteiger partial charge in [0.1, 0.15) is 11.7 Å². The average molecular weight is 305 g/mol. The summed E-state index contributed by atoms with van der Waals surface area (Å²) in [6.07, 6.45) is 2.38. The lowest BCUT2D eigenvalue weighted by molar-refractivity contribution is -0.121. The third-order valence-corrected chi connectivity index (χ3v) is 4.11. The van der Waals surface area contributed by atoms with E-state index in [2.05, 4.69) is 10.1 Å².